The maximum atomic E-state index is 12.9. The van der Waals surface area contributed by atoms with Gasteiger partial charge in [-0.1, -0.05) is 20.3 Å². The van der Waals surface area contributed by atoms with Gasteiger partial charge in [0.1, 0.15) is 0 Å². The van der Waals surface area contributed by atoms with Gasteiger partial charge < -0.3 is 9.64 Å². The Morgan fingerprint density at radius 2 is 1.81 bits per heavy atom. The lowest BCUT2D eigenvalue weighted by Crippen LogP contribution is -2.37. The number of carbonyl (C=O) groups excluding carboxylic acids is 1. The van der Waals surface area contributed by atoms with Gasteiger partial charge in [0.05, 0.1) is 0 Å². The first-order valence-corrected chi connectivity index (χ1v) is 9.01. The number of carbonyl (C=O) groups is 1. The number of hydrogen-bond acceptors (Lipinski definition) is 6. The molecule has 2 aromatic rings. The van der Waals surface area contributed by atoms with Gasteiger partial charge in [0.15, 0.2) is 11.2 Å². The molecule has 0 radical (unpaired) electrons. The Hall–Kier alpha value is -2.84. The number of allylic oxidation sites excluding steroid dienone is 1. The van der Waals surface area contributed by atoms with Crippen LogP contribution in [-0.2, 0) is 23.6 Å². The zero-order valence-corrected chi connectivity index (χ0v) is 16.8. The fraction of sp³-hybridized carbons (Fsp3) is 0.556. The first kappa shape index (κ1) is 20.5. The number of anilines is 1. The van der Waals surface area contributed by atoms with Crippen LogP contribution in [0, 0.1) is 0 Å². The van der Waals surface area contributed by atoms with E-state index in [1.54, 1.807) is 32.1 Å². The van der Waals surface area contributed by atoms with Gasteiger partial charge in [-0.05, 0) is 18.9 Å². The van der Waals surface area contributed by atoms with Gasteiger partial charge in [-0.25, -0.2) is 9.36 Å². The predicted molar refractivity (Wildman–Crippen MR) is 105 cm³/mol. The summed E-state index contributed by atoms with van der Waals surface area (Å²) in [6.45, 7) is 3.89. The minimum absolute atomic E-state index is 0.190. The van der Waals surface area contributed by atoms with Crippen LogP contribution in [0.1, 0.15) is 39.5 Å². The topological polar surface area (TPSA) is 91.4 Å². The van der Waals surface area contributed by atoms with Crippen LogP contribution >= 0.6 is 0 Å². The summed E-state index contributed by atoms with van der Waals surface area (Å²) in [6, 6.07) is 0. The van der Waals surface area contributed by atoms with Crippen LogP contribution < -0.4 is 16.1 Å². The van der Waals surface area contributed by atoms with Crippen molar-refractivity contribution < 1.29 is 9.53 Å². The summed E-state index contributed by atoms with van der Waals surface area (Å²) < 4.78 is 9.43. The molecule has 2 rings (SSSR count). The number of esters is 1. The van der Waals surface area contributed by atoms with Crippen molar-refractivity contribution in [3.63, 3.8) is 0 Å². The summed E-state index contributed by atoms with van der Waals surface area (Å²) in [5.41, 5.74) is -0.539. The quantitative estimate of drug-likeness (QED) is 0.536. The maximum absolute atomic E-state index is 12.9. The lowest BCUT2D eigenvalue weighted by atomic mass is 10.3. The first-order chi connectivity index (χ1) is 12.7. The summed E-state index contributed by atoms with van der Waals surface area (Å²) in [4.78, 5) is 43.4. The molecule has 9 nitrogen and oxygen atoms in total. The largest absolute Gasteiger partial charge is 0.409 e. The standard InChI is InChI=1S/C18H27N5O4/c1-7-9-11-12(27-13(24)10-8-2)23-14-15(19-17(23)20(3)4)21(5)18(26)22(6)16(14)25/h11H,7-10H2,1-6H3/b12-11-. The van der Waals surface area contributed by atoms with Crippen LogP contribution in [0.2, 0.25) is 0 Å². The molecule has 0 spiro atoms. The summed E-state index contributed by atoms with van der Waals surface area (Å²) in [5.74, 6) is 0.250. The number of aromatic nitrogens is 4. The molecule has 0 fully saturated rings. The molecule has 0 atom stereocenters. The van der Waals surface area contributed by atoms with Gasteiger partial charge >= 0.3 is 11.7 Å². The van der Waals surface area contributed by atoms with Gasteiger partial charge in [0.25, 0.3) is 5.56 Å². The molecule has 2 heterocycles. The first-order valence-electron chi connectivity index (χ1n) is 9.01. The van der Waals surface area contributed by atoms with Gasteiger partial charge in [-0.2, -0.15) is 4.98 Å². The zero-order chi connectivity index (χ0) is 20.3. The Morgan fingerprint density at radius 1 is 1.15 bits per heavy atom. The average Bonchev–Trinajstić information content (AvgIpc) is 3.02. The van der Waals surface area contributed by atoms with Gasteiger partial charge in [0, 0.05) is 34.6 Å². The normalized spacial score (nSPS) is 11.9. The molecule has 0 aromatic carbocycles. The van der Waals surface area contributed by atoms with Crippen LogP contribution in [-0.4, -0.2) is 38.7 Å². The van der Waals surface area contributed by atoms with Gasteiger partial charge in [0.2, 0.25) is 11.8 Å². The average molecular weight is 377 g/mol. The van der Waals surface area contributed by atoms with E-state index in [9.17, 15) is 14.4 Å². The molecule has 9 heteroatoms. The van der Waals surface area contributed by atoms with Crippen molar-refractivity contribution in [1.82, 2.24) is 18.7 Å². The molecule has 0 aliphatic heterocycles. The number of imidazole rings is 1. The second-order valence-electron chi connectivity index (χ2n) is 6.57. The molecule has 0 aliphatic carbocycles. The molecular weight excluding hydrogens is 350 g/mol. The zero-order valence-electron chi connectivity index (χ0n) is 16.8. The highest BCUT2D eigenvalue weighted by Crippen LogP contribution is 2.24. The number of nitrogens with zero attached hydrogens (tertiary/aromatic N) is 5. The fourth-order valence-corrected chi connectivity index (χ4v) is 2.71. The van der Waals surface area contributed by atoms with E-state index in [4.69, 9.17) is 4.74 Å². The van der Waals surface area contributed by atoms with Crippen molar-refractivity contribution in [3.8, 4) is 0 Å². The summed E-state index contributed by atoms with van der Waals surface area (Å²) in [5, 5.41) is 0. The Bertz CT molecular complexity index is 994. The van der Waals surface area contributed by atoms with Gasteiger partial charge in [-0.3, -0.25) is 18.7 Å². The van der Waals surface area contributed by atoms with E-state index in [0.717, 1.165) is 11.0 Å². The summed E-state index contributed by atoms with van der Waals surface area (Å²) >= 11 is 0. The smallest absolute Gasteiger partial charge is 0.332 e. The van der Waals surface area contributed by atoms with E-state index >= 15 is 0 Å². The number of fused-ring (bicyclic) bond motifs is 1. The Labute approximate surface area is 157 Å². The third-order valence-electron chi connectivity index (χ3n) is 4.14. The molecular formula is C18H27N5O4. The number of unbranched alkanes of at least 4 members (excludes halogenated alkanes) is 1. The number of hydrogen-bond donors (Lipinski definition) is 0. The second kappa shape index (κ2) is 8.24. The van der Waals surface area contributed by atoms with Crippen molar-refractivity contribution in [2.75, 3.05) is 19.0 Å². The van der Waals surface area contributed by atoms with E-state index in [1.807, 2.05) is 13.8 Å². The number of aryl methyl sites for hydroxylation is 1. The molecule has 0 amide bonds. The molecule has 2 aromatic heterocycles. The predicted octanol–water partition coefficient (Wildman–Crippen LogP) is 1.44. The summed E-state index contributed by atoms with van der Waals surface area (Å²) in [7, 11) is 6.51. The van der Waals surface area contributed by atoms with Crippen molar-refractivity contribution in [1.29, 1.82) is 0 Å². The van der Waals surface area contributed by atoms with Crippen LogP contribution in [0.5, 0.6) is 0 Å². The lowest BCUT2D eigenvalue weighted by molar-refractivity contribution is -0.137. The third kappa shape index (κ3) is 3.81. The molecule has 27 heavy (non-hydrogen) atoms. The van der Waals surface area contributed by atoms with E-state index in [0.29, 0.717) is 18.8 Å². The van der Waals surface area contributed by atoms with Gasteiger partial charge in [-0.15, -0.1) is 0 Å². The molecule has 0 unspecified atom stereocenters. The highest BCUT2D eigenvalue weighted by molar-refractivity contribution is 5.82. The van der Waals surface area contributed by atoms with Crippen molar-refractivity contribution in [2.24, 2.45) is 14.1 Å². The summed E-state index contributed by atoms with van der Waals surface area (Å²) in [6.07, 6.45) is 4.19. The number of rotatable bonds is 7. The Balaban J connectivity index is 2.87. The van der Waals surface area contributed by atoms with Crippen molar-refractivity contribution in [3.05, 3.63) is 26.9 Å². The second-order valence-corrected chi connectivity index (χ2v) is 6.57. The van der Waals surface area contributed by atoms with Crippen LogP contribution in [0.3, 0.4) is 0 Å². The Morgan fingerprint density at radius 3 is 2.37 bits per heavy atom. The monoisotopic (exact) mass is 377 g/mol. The highest BCUT2D eigenvalue weighted by atomic mass is 16.5. The molecule has 0 saturated heterocycles. The molecule has 0 saturated carbocycles. The third-order valence-corrected chi connectivity index (χ3v) is 4.14. The van der Waals surface area contributed by atoms with Crippen molar-refractivity contribution >= 4 is 29.0 Å². The molecule has 0 bridgehead atoms. The van der Waals surface area contributed by atoms with E-state index in [2.05, 4.69) is 4.98 Å². The van der Waals surface area contributed by atoms with E-state index in [-0.39, 0.29) is 29.4 Å². The minimum atomic E-state index is -0.498. The van der Waals surface area contributed by atoms with E-state index < -0.39 is 11.2 Å². The molecule has 0 aliphatic rings. The fourth-order valence-electron chi connectivity index (χ4n) is 2.71. The van der Waals surface area contributed by atoms with Crippen molar-refractivity contribution in [2.45, 2.75) is 39.5 Å². The minimum Gasteiger partial charge on any atom is -0.409 e. The van der Waals surface area contributed by atoms with Crippen LogP contribution in [0.15, 0.2) is 15.7 Å². The molecule has 148 valence electrons. The molecule has 0 N–H and O–H groups in total. The Kier molecular flexibility index (Phi) is 6.24. The van der Waals surface area contributed by atoms with Crippen LogP contribution in [0.4, 0.5) is 5.95 Å². The SMILES string of the molecule is CCC/C=C(\OC(=O)CCC)n1c(N(C)C)nc2c1c(=O)n(C)c(=O)n2C. The highest BCUT2D eigenvalue weighted by Gasteiger charge is 2.24. The lowest BCUT2D eigenvalue weighted by Gasteiger charge is -2.17. The van der Waals surface area contributed by atoms with Crippen LogP contribution in [0.25, 0.3) is 17.0 Å². The van der Waals surface area contributed by atoms with E-state index in [1.165, 1.54) is 16.2 Å². The maximum Gasteiger partial charge on any atom is 0.332 e. The number of ether oxygens (including phenoxy) is 1.